The highest BCUT2D eigenvalue weighted by atomic mass is 28.3. The molecule has 0 amide bonds. The van der Waals surface area contributed by atoms with E-state index >= 15 is 0 Å². The van der Waals surface area contributed by atoms with Crippen molar-refractivity contribution in [3.05, 3.63) is 71.3 Å². The standard InChI is InChI=1S/C22H18O9Si/c1-32(14-8-2-5-11(17(14)23)20(26)27,15-9-3-6-12(18(15)24)21(28)29)16-10-4-7-13(19(16)25)22(30)31/h2-10,23-25H,1H3,(H,26,27)(H,28,29)(H,30,31). The fourth-order valence-corrected chi connectivity index (χ4v) is 7.78. The molecule has 0 aliphatic heterocycles. The molecular formula is C22H18O9Si. The molecule has 3 aromatic rings. The van der Waals surface area contributed by atoms with Gasteiger partial charge in [0, 0.05) is 0 Å². The summed E-state index contributed by atoms with van der Waals surface area (Å²) in [5.74, 6) is -6.16. The van der Waals surface area contributed by atoms with Gasteiger partial charge in [-0.25, -0.2) is 14.4 Å². The van der Waals surface area contributed by atoms with Crippen molar-refractivity contribution in [2.45, 2.75) is 6.55 Å². The predicted molar refractivity (Wildman–Crippen MR) is 116 cm³/mol. The number of carbonyl (C=O) groups is 3. The highest BCUT2D eigenvalue weighted by molar-refractivity contribution is 7.12. The topological polar surface area (TPSA) is 173 Å². The second-order valence-electron chi connectivity index (χ2n) is 7.15. The Hall–Kier alpha value is -4.31. The summed E-state index contributed by atoms with van der Waals surface area (Å²) in [5, 5.41) is 60.9. The Morgan fingerprint density at radius 3 is 1.03 bits per heavy atom. The molecule has 0 aromatic heterocycles. The predicted octanol–water partition coefficient (Wildman–Crippen LogP) is 0.998. The number of carboxylic acids is 3. The quantitative estimate of drug-likeness (QED) is 0.235. The van der Waals surface area contributed by atoms with Crippen LogP contribution in [-0.4, -0.2) is 56.6 Å². The molecule has 0 aliphatic carbocycles. The Kier molecular flexibility index (Phi) is 5.65. The molecule has 0 unspecified atom stereocenters. The maximum atomic E-state index is 11.6. The summed E-state index contributed by atoms with van der Waals surface area (Å²) in [6.07, 6.45) is 0. The summed E-state index contributed by atoms with van der Waals surface area (Å²) in [5.41, 5.74) is -1.32. The second-order valence-corrected chi connectivity index (χ2v) is 11.0. The van der Waals surface area contributed by atoms with Gasteiger partial charge in [0.25, 0.3) is 0 Å². The fraction of sp³-hybridized carbons (Fsp3) is 0.0455. The van der Waals surface area contributed by atoms with Crippen molar-refractivity contribution in [3.8, 4) is 17.2 Å². The summed E-state index contributed by atoms with van der Waals surface area (Å²) in [4.78, 5) is 34.8. The Bertz CT molecular complexity index is 1110. The van der Waals surface area contributed by atoms with E-state index in [0.29, 0.717) is 0 Å². The summed E-state index contributed by atoms with van der Waals surface area (Å²) in [6, 6.07) is 11.8. The SMILES string of the molecule is C[Si](c1cccc(C(=O)O)c1O)(c1cccc(C(=O)O)c1O)c1cccc(C(=O)O)c1O. The minimum atomic E-state index is -3.78. The lowest BCUT2D eigenvalue weighted by Gasteiger charge is -2.32. The molecule has 0 radical (unpaired) electrons. The van der Waals surface area contributed by atoms with Crippen molar-refractivity contribution < 1.29 is 45.0 Å². The van der Waals surface area contributed by atoms with Crippen molar-refractivity contribution in [2.24, 2.45) is 0 Å². The molecule has 0 saturated heterocycles. The van der Waals surface area contributed by atoms with E-state index in [2.05, 4.69) is 0 Å². The number of phenols is 3. The fourth-order valence-electron chi connectivity index (χ4n) is 3.79. The van der Waals surface area contributed by atoms with Gasteiger partial charge in [-0.15, -0.1) is 0 Å². The molecule has 32 heavy (non-hydrogen) atoms. The third-order valence-corrected chi connectivity index (χ3v) is 9.86. The number of para-hydroxylation sites is 3. The van der Waals surface area contributed by atoms with E-state index in [1.807, 2.05) is 0 Å². The van der Waals surface area contributed by atoms with Gasteiger partial charge >= 0.3 is 17.9 Å². The zero-order valence-corrected chi connectivity index (χ0v) is 17.6. The lowest BCUT2D eigenvalue weighted by molar-refractivity contribution is 0.0682. The first kappa shape index (κ1) is 22.4. The van der Waals surface area contributed by atoms with Crippen LogP contribution in [0.4, 0.5) is 0 Å². The van der Waals surface area contributed by atoms with Crippen LogP contribution in [-0.2, 0) is 0 Å². The van der Waals surface area contributed by atoms with Crippen molar-refractivity contribution in [1.29, 1.82) is 0 Å². The zero-order chi connectivity index (χ0) is 23.8. The molecule has 3 rings (SSSR count). The van der Waals surface area contributed by atoms with E-state index in [1.165, 1.54) is 42.9 Å². The molecule has 0 atom stereocenters. The van der Waals surface area contributed by atoms with Gasteiger partial charge in [-0.05, 0) is 33.8 Å². The maximum absolute atomic E-state index is 11.6. The Morgan fingerprint density at radius 1 is 0.562 bits per heavy atom. The van der Waals surface area contributed by atoms with Crippen molar-refractivity contribution in [3.63, 3.8) is 0 Å². The molecule has 9 nitrogen and oxygen atoms in total. The molecule has 0 spiro atoms. The van der Waals surface area contributed by atoms with Gasteiger partial charge in [0.1, 0.15) is 33.9 Å². The van der Waals surface area contributed by atoms with Crippen molar-refractivity contribution >= 4 is 41.5 Å². The Labute approximate surface area is 182 Å². The van der Waals surface area contributed by atoms with Gasteiger partial charge in [-0.1, -0.05) is 42.9 Å². The third kappa shape index (κ3) is 3.42. The molecule has 0 fully saturated rings. The number of carboxylic acid groups (broad SMARTS) is 3. The third-order valence-electron chi connectivity index (χ3n) is 5.42. The smallest absolute Gasteiger partial charge is 0.339 e. The molecule has 164 valence electrons. The minimum Gasteiger partial charge on any atom is -0.507 e. The normalized spacial score (nSPS) is 11.2. The number of aromatic hydroxyl groups is 3. The highest BCUT2D eigenvalue weighted by Crippen LogP contribution is 2.27. The van der Waals surface area contributed by atoms with Gasteiger partial charge in [0.2, 0.25) is 0 Å². The van der Waals surface area contributed by atoms with E-state index in [-0.39, 0.29) is 15.6 Å². The highest BCUT2D eigenvalue weighted by Gasteiger charge is 2.43. The largest absolute Gasteiger partial charge is 0.507 e. The minimum absolute atomic E-state index is 0.0353. The summed E-state index contributed by atoms with van der Waals surface area (Å²) in [6.45, 7) is 1.54. The van der Waals surface area contributed by atoms with Gasteiger partial charge in [0.05, 0.1) is 0 Å². The van der Waals surface area contributed by atoms with E-state index in [0.717, 1.165) is 18.2 Å². The van der Waals surface area contributed by atoms with E-state index in [4.69, 9.17) is 0 Å². The first-order chi connectivity index (χ1) is 15.0. The average Bonchev–Trinajstić information content (AvgIpc) is 2.73. The lowest BCUT2D eigenvalue weighted by Crippen LogP contribution is -2.65. The molecular weight excluding hydrogens is 436 g/mol. The van der Waals surface area contributed by atoms with Crippen LogP contribution in [0.15, 0.2) is 54.6 Å². The molecule has 0 bridgehead atoms. The Balaban J connectivity index is 2.51. The molecule has 0 aliphatic rings. The van der Waals surface area contributed by atoms with Crippen LogP contribution in [0.25, 0.3) is 0 Å². The van der Waals surface area contributed by atoms with E-state index in [9.17, 15) is 45.0 Å². The zero-order valence-electron chi connectivity index (χ0n) is 16.6. The van der Waals surface area contributed by atoms with Crippen molar-refractivity contribution in [2.75, 3.05) is 0 Å². The summed E-state index contributed by atoms with van der Waals surface area (Å²) in [7, 11) is -3.78. The van der Waals surface area contributed by atoms with E-state index in [1.54, 1.807) is 0 Å². The van der Waals surface area contributed by atoms with Crippen LogP contribution in [0.5, 0.6) is 17.2 Å². The van der Waals surface area contributed by atoms with E-state index < -0.39 is 59.9 Å². The number of hydrogen-bond donors (Lipinski definition) is 6. The van der Waals surface area contributed by atoms with Crippen LogP contribution in [0.3, 0.4) is 0 Å². The maximum Gasteiger partial charge on any atom is 0.339 e. The molecule has 6 N–H and O–H groups in total. The number of rotatable bonds is 6. The number of hydrogen-bond acceptors (Lipinski definition) is 6. The van der Waals surface area contributed by atoms with Crippen LogP contribution in [0, 0.1) is 0 Å². The average molecular weight is 454 g/mol. The first-order valence-electron chi connectivity index (χ1n) is 9.19. The molecule has 0 saturated carbocycles. The van der Waals surface area contributed by atoms with Crippen LogP contribution < -0.4 is 15.6 Å². The Morgan fingerprint density at radius 2 is 0.812 bits per heavy atom. The molecule has 10 heteroatoms. The van der Waals surface area contributed by atoms with Gasteiger partial charge in [-0.3, -0.25) is 0 Å². The monoisotopic (exact) mass is 454 g/mol. The van der Waals surface area contributed by atoms with Crippen molar-refractivity contribution in [1.82, 2.24) is 0 Å². The summed E-state index contributed by atoms with van der Waals surface area (Å²) >= 11 is 0. The summed E-state index contributed by atoms with van der Waals surface area (Å²) < 4.78 is 0. The first-order valence-corrected chi connectivity index (χ1v) is 11.7. The molecule has 0 heterocycles. The second kappa shape index (κ2) is 8.08. The lowest BCUT2D eigenvalue weighted by atomic mass is 10.2. The number of aromatic carboxylic acids is 3. The van der Waals surface area contributed by atoms with Gasteiger partial charge in [-0.2, -0.15) is 0 Å². The number of benzene rings is 3. The van der Waals surface area contributed by atoms with Gasteiger partial charge < -0.3 is 30.6 Å². The molecule has 3 aromatic carbocycles. The van der Waals surface area contributed by atoms with Crippen LogP contribution in [0.1, 0.15) is 31.1 Å². The van der Waals surface area contributed by atoms with Crippen LogP contribution >= 0.6 is 0 Å². The van der Waals surface area contributed by atoms with Crippen LogP contribution in [0.2, 0.25) is 6.55 Å². The van der Waals surface area contributed by atoms with Gasteiger partial charge in [0.15, 0.2) is 8.07 Å².